The molecule has 0 N–H and O–H groups in total. The van der Waals surface area contributed by atoms with E-state index in [0.717, 1.165) is 12.3 Å². The van der Waals surface area contributed by atoms with Gasteiger partial charge in [-0.25, -0.2) is 4.98 Å². The predicted octanol–water partition coefficient (Wildman–Crippen LogP) is 2.94. The van der Waals surface area contributed by atoms with Gasteiger partial charge in [-0.3, -0.25) is 0 Å². The van der Waals surface area contributed by atoms with Crippen molar-refractivity contribution in [2.45, 2.75) is 39.0 Å². The number of rotatable bonds is 6. The molecular weight excluding hydrogens is 180 g/mol. The highest BCUT2D eigenvalue weighted by Crippen LogP contribution is 2.10. The van der Waals surface area contributed by atoms with Crippen LogP contribution in [0.1, 0.15) is 32.5 Å². The summed E-state index contributed by atoms with van der Waals surface area (Å²) in [7, 11) is 0. The number of hydrogen-bond acceptors (Lipinski definition) is 2. The van der Waals surface area contributed by atoms with Crippen LogP contribution in [0.4, 0.5) is 0 Å². The maximum absolute atomic E-state index is 4.35. The van der Waals surface area contributed by atoms with E-state index in [2.05, 4.69) is 29.6 Å². The maximum Gasteiger partial charge on any atom is 0.118 e. The van der Waals surface area contributed by atoms with Crippen molar-refractivity contribution in [2.75, 3.05) is 5.75 Å². The van der Waals surface area contributed by atoms with Gasteiger partial charge in [0.2, 0.25) is 0 Å². The number of nitrogens with zero attached hydrogens (tertiary/aromatic N) is 2. The van der Waals surface area contributed by atoms with Crippen molar-refractivity contribution in [1.82, 2.24) is 9.55 Å². The van der Waals surface area contributed by atoms with E-state index in [1.165, 1.54) is 24.4 Å². The second-order valence-corrected chi connectivity index (χ2v) is 4.30. The monoisotopic (exact) mass is 198 g/mol. The van der Waals surface area contributed by atoms with Crippen LogP contribution in [-0.2, 0) is 12.3 Å². The third kappa shape index (κ3) is 3.43. The van der Waals surface area contributed by atoms with Crippen LogP contribution >= 0.6 is 11.8 Å². The number of thioether (sulfide) groups is 1. The fraction of sp³-hybridized carbons (Fsp3) is 0.700. The minimum atomic E-state index is 1.05. The van der Waals surface area contributed by atoms with Crippen molar-refractivity contribution >= 4 is 11.8 Å². The molecule has 0 aliphatic heterocycles. The number of imidazole rings is 1. The topological polar surface area (TPSA) is 17.8 Å². The van der Waals surface area contributed by atoms with E-state index in [4.69, 9.17) is 0 Å². The molecule has 1 rings (SSSR count). The summed E-state index contributed by atoms with van der Waals surface area (Å²) in [5.41, 5.74) is 0. The Bertz CT molecular complexity index is 210. The molecule has 1 aromatic rings. The Kier molecular flexibility index (Phi) is 4.98. The summed E-state index contributed by atoms with van der Waals surface area (Å²) in [6, 6.07) is 0. The number of aromatic nitrogens is 2. The molecule has 0 saturated heterocycles. The van der Waals surface area contributed by atoms with Crippen molar-refractivity contribution in [3.63, 3.8) is 0 Å². The smallest absolute Gasteiger partial charge is 0.118 e. The maximum atomic E-state index is 4.35. The Balaban J connectivity index is 2.45. The summed E-state index contributed by atoms with van der Waals surface area (Å²) >= 11 is 1.93. The Morgan fingerprint density at radius 2 is 2.31 bits per heavy atom. The molecule has 2 nitrogen and oxygen atoms in total. The van der Waals surface area contributed by atoms with Gasteiger partial charge in [-0.1, -0.05) is 20.3 Å². The second-order valence-electron chi connectivity index (χ2n) is 3.03. The highest BCUT2D eigenvalue weighted by Gasteiger charge is 2.00. The third-order valence-electron chi connectivity index (χ3n) is 1.99. The first kappa shape index (κ1) is 10.6. The highest BCUT2D eigenvalue weighted by molar-refractivity contribution is 7.98. The third-order valence-corrected chi connectivity index (χ3v) is 2.86. The van der Waals surface area contributed by atoms with Gasteiger partial charge in [0.1, 0.15) is 5.82 Å². The van der Waals surface area contributed by atoms with E-state index in [1.54, 1.807) is 0 Å². The zero-order valence-electron chi connectivity index (χ0n) is 8.49. The average Bonchev–Trinajstić information content (AvgIpc) is 2.59. The fourth-order valence-corrected chi connectivity index (χ4v) is 1.83. The Hall–Kier alpha value is -0.440. The van der Waals surface area contributed by atoms with Crippen LogP contribution in [0, 0.1) is 0 Å². The van der Waals surface area contributed by atoms with E-state index >= 15 is 0 Å². The fourth-order valence-electron chi connectivity index (χ4n) is 1.21. The number of aryl methyl sites for hydroxylation is 1. The van der Waals surface area contributed by atoms with Crippen LogP contribution in [-0.4, -0.2) is 15.3 Å². The molecule has 0 spiro atoms. The molecule has 0 radical (unpaired) electrons. The minimum Gasteiger partial charge on any atom is -0.334 e. The van der Waals surface area contributed by atoms with Gasteiger partial charge >= 0.3 is 0 Å². The zero-order valence-corrected chi connectivity index (χ0v) is 9.31. The molecule has 3 heteroatoms. The number of unbranched alkanes of at least 4 members (excludes halogenated alkanes) is 1. The lowest BCUT2D eigenvalue weighted by molar-refractivity contribution is 0.614. The summed E-state index contributed by atoms with van der Waals surface area (Å²) in [6.45, 7) is 5.53. The molecule has 0 aliphatic rings. The summed E-state index contributed by atoms with van der Waals surface area (Å²) in [5, 5.41) is 0. The minimum absolute atomic E-state index is 1.05. The van der Waals surface area contributed by atoms with Gasteiger partial charge < -0.3 is 4.57 Å². The SMILES string of the molecule is CCCCn1ccnc1CSCC. The van der Waals surface area contributed by atoms with Crippen molar-refractivity contribution in [2.24, 2.45) is 0 Å². The predicted molar refractivity (Wildman–Crippen MR) is 59.0 cm³/mol. The van der Waals surface area contributed by atoms with Crippen LogP contribution in [0.15, 0.2) is 12.4 Å². The van der Waals surface area contributed by atoms with Crippen molar-refractivity contribution in [3.8, 4) is 0 Å². The van der Waals surface area contributed by atoms with Gasteiger partial charge in [0, 0.05) is 18.9 Å². The first-order chi connectivity index (χ1) is 6.38. The van der Waals surface area contributed by atoms with Crippen LogP contribution in [0.25, 0.3) is 0 Å². The Morgan fingerprint density at radius 1 is 1.46 bits per heavy atom. The molecular formula is C10H18N2S. The second kappa shape index (κ2) is 6.08. The van der Waals surface area contributed by atoms with E-state index in [-0.39, 0.29) is 0 Å². The van der Waals surface area contributed by atoms with Gasteiger partial charge in [-0.2, -0.15) is 11.8 Å². The van der Waals surface area contributed by atoms with Gasteiger partial charge in [-0.05, 0) is 12.2 Å². The summed E-state index contributed by atoms with van der Waals surface area (Å²) < 4.78 is 2.27. The average molecular weight is 198 g/mol. The van der Waals surface area contributed by atoms with E-state index in [0.29, 0.717) is 0 Å². The lowest BCUT2D eigenvalue weighted by Gasteiger charge is -2.05. The van der Waals surface area contributed by atoms with Crippen LogP contribution in [0.2, 0.25) is 0 Å². The van der Waals surface area contributed by atoms with Crippen molar-refractivity contribution in [1.29, 1.82) is 0 Å². The first-order valence-corrected chi connectivity index (χ1v) is 6.11. The van der Waals surface area contributed by atoms with Gasteiger partial charge in [0.25, 0.3) is 0 Å². The Morgan fingerprint density at radius 3 is 3.00 bits per heavy atom. The number of hydrogen-bond donors (Lipinski definition) is 0. The molecule has 0 aromatic carbocycles. The molecule has 0 saturated carbocycles. The lowest BCUT2D eigenvalue weighted by atomic mass is 10.3. The lowest BCUT2D eigenvalue weighted by Crippen LogP contribution is -2.01. The molecule has 0 unspecified atom stereocenters. The van der Waals surface area contributed by atoms with Crippen molar-refractivity contribution < 1.29 is 0 Å². The van der Waals surface area contributed by atoms with E-state index in [9.17, 15) is 0 Å². The molecule has 0 fully saturated rings. The van der Waals surface area contributed by atoms with Gasteiger partial charge in [-0.15, -0.1) is 0 Å². The summed E-state index contributed by atoms with van der Waals surface area (Å²) in [5.74, 6) is 3.44. The molecule has 0 bridgehead atoms. The normalized spacial score (nSPS) is 10.6. The first-order valence-electron chi connectivity index (χ1n) is 4.96. The van der Waals surface area contributed by atoms with Gasteiger partial charge in [0.05, 0.1) is 5.75 Å². The molecule has 1 aromatic heterocycles. The van der Waals surface area contributed by atoms with Crippen LogP contribution in [0.5, 0.6) is 0 Å². The standard InChI is InChI=1S/C10H18N2S/c1-3-5-7-12-8-6-11-10(12)9-13-4-2/h6,8H,3-5,7,9H2,1-2H3. The highest BCUT2D eigenvalue weighted by atomic mass is 32.2. The van der Waals surface area contributed by atoms with Crippen LogP contribution in [0.3, 0.4) is 0 Å². The molecule has 0 aliphatic carbocycles. The van der Waals surface area contributed by atoms with E-state index in [1.807, 2.05) is 18.0 Å². The molecule has 0 atom stereocenters. The Labute approximate surface area is 84.7 Å². The van der Waals surface area contributed by atoms with Crippen molar-refractivity contribution in [3.05, 3.63) is 18.2 Å². The van der Waals surface area contributed by atoms with Crippen LogP contribution < -0.4 is 0 Å². The molecule has 13 heavy (non-hydrogen) atoms. The largest absolute Gasteiger partial charge is 0.334 e. The molecule has 74 valence electrons. The van der Waals surface area contributed by atoms with Gasteiger partial charge in [0.15, 0.2) is 0 Å². The molecule has 0 amide bonds. The zero-order chi connectivity index (χ0) is 9.52. The van der Waals surface area contributed by atoms with E-state index < -0.39 is 0 Å². The summed E-state index contributed by atoms with van der Waals surface area (Å²) in [6.07, 6.45) is 6.49. The molecule has 1 heterocycles. The quantitative estimate of drug-likeness (QED) is 0.699. The summed E-state index contributed by atoms with van der Waals surface area (Å²) in [4.78, 5) is 4.35.